The van der Waals surface area contributed by atoms with Crippen LogP contribution in [0, 0.1) is 0 Å². The topological polar surface area (TPSA) is 26.0 Å². The highest BCUT2D eigenvalue weighted by Gasteiger charge is 2.19. The maximum absolute atomic E-state index is 5.26. The van der Waals surface area contributed by atoms with Gasteiger partial charge in [0.1, 0.15) is 0 Å². The number of hydrogen-bond acceptors (Lipinski definition) is 2. The summed E-state index contributed by atoms with van der Waals surface area (Å²) in [5.41, 5.74) is 1.84. The summed E-state index contributed by atoms with van der Waals surface area (Å²) in [5.74, 6) is 0.731. The minimum Gasteiger partial charge on any atom is -0.356 e. The van der Waals surface area contributed by atoms with E-state index in [9.17, 15) is 0 Å². The van der Waals surface area contributed by atoms with Gasteiger partial charge >= 0.3 is 0 Å². The molecule has 0 atom stereocenters. The average Bonchev–Trinajstić information content (AvgIpc) is 2.62. The van der Waals surface area contributed by atoms with Gasteiger partial charge in [-0.25, -0.2) is 0 Å². The fourth-order valence-electron chi connectivity index (χ4n) is 1.14. The second-order valence-corrected chi connectivity index (χ2v) is 4.39. The predicted molar refractivity (Wildman–Crippen MR) is 63.6 cm³/mol. The molecule has 0 aliphatic carbocycles. The molecule has 0 unspecified atom stereocenters. The Kier molecular flexibility index (Phi) is 3.30. The number of allylic oxidation sites excluding steroid dienone is 4. The first-order valence-corrected chi connectivity index (χ1v) is 4.91. The van der Waals surface area contributed by atoms with Gasteiger partial charge in [-0.2, -0.15) is 0 Å². The van der Waals surface area contributed by atoms with Crippen LogP contribution in [0.25, 0.3) is 5.57 Å². The van der Waals surface area contributed by atoms with E-state index < -0.39 is 0 Å². The van der Waals surface area contributed by atoms with Crippen molar-refractivity contribution in [3.05, 3.63) is 48.9 Å². The van der Waals surface area contributed by atoms with Crippen LogP contribution in [0.15, 0.2) is 42.0 Å². The molecule has 0 N–H and O–H groups in total. The van der Waals surface area contributed by atoms with Gasteiger partial charge in [-0.15, -0.1) is 0 Å². The van der Waals surface area contributed by atoms with Crippen LogP contribution in [-0.2, 0) is 5.41 Å². The van der Waals surface area contributed by atoms with Crippen LogP contribution in [0.5, 0.6) is 0 Å². The van der Waals surface area contributed by atoms with Crippen molar-refractivity contribution in [3.63, 3.8) is 0 Å². The van der Waals surface area contributed by atoms with Crippen LogP contribution >= 0.6 is 0 Å². The lowest BCUT2D eigenvalue weighted by Gasteiger charge is -2.12. The van der Waals surface area contributed by atoms with Crippen LogP contribution in [0.3, 0.4) is 0 Å². The molecule has 0 amide bonds. The smallest absolute Gasteiger partial charge is 0.167 e. The van der Waals surface area contributed by atoms with E-state index >= 15 is 0 Å². The summed E-state index contributed by atoms with van der Waals surface area (Å²) >= 11 is 0. The molecule has 0 aromatic carbocycles. The lowest BCUT2D eigenvalue weighted by molar-refractivity contribution is 0.386. The Bertz CT molecular complexity index is 391. The molecule has 80 valence electrons. The Labute approximate surface area is 91.0 Å². The van der Waals surface area contributed by atoms with Crippen LogP contribution < -0.4 is 0 Å². The minimum atomic E-state index is 0.00219. The lowest BCUT2D eigenvalue weighted by Crippen LogP contribution is -2.10. The summed E-state index contributed by atoms with van der Waals surface area (Å²) < 4.78 is 5.26. The van der Waals surface area contributed by atoms with Gasteiger partial charge < -0.3 is 4.52 Å². The standard InChI is InChI=1S/C13H17NO/c1-6-8-10(7-2)11-9-12(14-15-11)13(3,4)5/h6-9H,1-2H2,3-5H3/b10-8+. The Morgan fingerprint density at radius 3 is 2.47 bits per heavy atom. The van der Waals surface area contributed by atoms with Crippen molar-refractivity contribution >= 4 is 5.57 Å². The molecule has 2 nitrogen and oxygen atoms in total. The van der Waals surface area contributed by atoms with E-state index in [1.54, 1.807) is 12.2 Å². The Morgan fingerprint density at radius 1 is 1.40 bits per heavy atom. The summed E-state index contributed by atoms with van der Waals surface area (Å²) in [5, 5.41) is 4.04. The maximum atomic E-state index is 5.26. The third kappa shape index (κ3) is 2.69. The van der Waals surface area contributed by atoms with Crippen molar-refractivity contribution in [1.29, 1.82) is 0 Å². The van der Waals surface area contributed by atoms with Gasteiger partial charge in [0, 0.05) is 17.1 Å². The zero-order valence-corrected chi connectivity index (χ0v) is 9.58. The van der Waals surface area contributed by atoms with Crippen molar-refractivity contribution in [2.75, 3.05) is 0 Å². The van der Waals surface area contributed by atoms with E-state index in [-0.39, 0.29) is 5.41 Å². The minimum absolute atomic E-state index is 0.00219. The molecule has 0 fully saturated rings. The van der Waals surface area contributed by atoms with Crippen LogP contribution in [-0.4, -0.2) is 5.16 Å². The fourth-order valence-corrected chi connectivity index (χ4v) is 1.14. The molecule has 15 heavy (non-hydrogen) atoms. The SMILES string of the molecule is C=C/C=C(\C=C)c1cc(C(C)(C)C)no1. The van der Waals surface area contributed by atoms with E-state index in [1.165, 1.54) is 0 Å². The van der Waals surface area contributed by atoms with Gasteiger partial charge in [-0.1, -0.05) is 57.3 Å². The first kappa shape index (κ1) is 11.5. The Balaban J connectivity index is 3.08. The average molecular weight is 203 g/mol. The molecule has 0 spiro atoms. The van der Waals surface area contributed by atoms with Gasteiger partial charge in [0.15, 0.2) is 5.76 Å². The molecular weight excluding hydrogens is 186 g/mol. The third-order valence-electron chi connectivity index (χ3n) is 2.08. The van der Waals surface area contributed by atoms with E-state index in [0.717, 1.165) is 17.0 Å². The van der Waals surface area contributed by atoms with E-state index in [4.69, 9.17) is 4.52 Å². The summed E-state index contributed by atoms with van der Waals surface area (Å²) in [7, 11) is 0. The quantitative estimate of drug-likeness (QED) is 0.699. The molecule has 1 aromatic rings. The first-order chi connectivity index (χ1) is 6.99. The fraction of sp³-hybridized carbons (Fsp3) is 0.308. The monoisotopic (exact) mass is 203 g/mol. The van der Waals surface area contributed by atoms with E-state index in [2.05, 4.69) is 39.1 Å². The molecule has 1 aromatic heterocycles. The first-order valence-electron chi connectivity index (χ1n) is 4.91. The molecular formula is C13H17NO. The van der Waals surface area contributed by atoms with Gasteiger partial charge in [0.05, 0.1) is 5.69 Å². The zero-order chi connectivity index (χ0) is 11.5. The van der Waals surface area contributed by atoms with Gasteiger partial charge in [-0.3, -0.25) is 0 Å². The second-order valence-electron chi connectivity index (χ2n) is 4.39. The van der Waals surface area contributed by atoms with Gasteiger partial charge in [0.25, 0.3) is 0 Å². The normalized spacial score (nSPS) is 12.6. The summed E-state index contributed by atoms with van der Waals surface area (Å²) in [6.07, 6.45) is 5.28. The Morgan fingerprint density at radius 2 is 2.07 bits per heavy atom. The second kappa shape index (κ2) is 4.30. The lowest BCUT2D eigenvalue weighted by atomic mass is 9.92. The number of aromatic nitrogens is 1. The van der Waals surface area contributed by atoms with Crippen LogP contribution in [0.1, 0.15) is 32.2 Å². The van der Waals surface area contributed by atoms with Crippen molar-refractivity contribution in [2.24, 2.45) is 0 Å². The summed E-state index contributed by atoms with van der Waals surface area (Å²) in [6.45, 7) is 13.7. The highest BCUT2D eigenvalue weighted by molar-refractivity contribution is 5.71. The summed E-state index contributed by atoms with van der Waals surface area (Å²) in [6, 6.07) is 1.94. The highest BCUT2D eigenvalue weighted by atomic mass is 16.5. The largest absolute Gasteiger partial charge is 0.356 e. The molecule has 0 aliphatic rings. The van der Waals surface area contributed by atoms with E-state index in [1.807, 2.05) is 12.1 Å². The number of hydrogen-bond donors (Lipinski definition) is 0. The number of nitrogens with zero attached hydrogens (tertiary/aromatic N) is 1. The molecule has 0 saturated heterocycles. The van der Waals surface area contributed by atoms with Gasteiger partial charge in [0.2, 0.25) is 0 Å². The van der Waals surface area contributed by atoms with Crippen molar-refractivity contribution < 1.29 is 4.52 Å². The van der Waals surface area contributed by atoms with Crippen molar-refractivity contribution in [1.82, 2.24) is 5.16 Å². The molecule has 0 bridgehead atoms. The van der Waals surface area contributed by atoms with Crippen LogP contribution in [0.2, 0.25) is 0 Å². The van der Waals surface area contributed by atoms with Crippen molar-refractivity contribution in [3.8, 4) is 0 Å². The molecule has 1 heterocycles. The van der Waals surface area contributed by atoms with E-state index in [0.29, 0.717) is 0 Å². The molecule has 0 radical (unpaired) electrons. The van der Waals surface area contributed by atoms with Gasteiger partial charge in [-0.05, 0) is 0 Å². The zero-order valence-electron chi connectivity index (χ0n) is 9.58. The highest BCUT2D eigenvalue weighted by Crippen LogP contribution is 2.25. The number of rotatable bonds is 3. The molecule has 1 rings (SSSR count). The Hall–Kier alpha value is -1.57. The third-order valence-corrected chi connectivity index (χ3v) is 2.08. The summed E-state index contributed by atoms with van der Waals surface area (Å²) in [4.78, 5) is 0. The predicted octanol–water partition coefficient (Wildman–Crippen LogP) is 3.73. The van der Waals surface area contributed by atoms with Crippen LogP contribution in [0.4, 0.5) is 0 Å². The van der Waals surface area contributed by atoms with Crippen molar-refractivity contribution in [2.45, 2.75) is 26.2 Å². The molecule has 0 aliphatic heterocycles. The maximum Gasteiger partial charge on any atom is 0.167 e. The molecule has 0 saturated carbocycles. The molecule has 2 heteroatoms.